The summed E-state index contributed by atoms with van der Waals surface area (Å²) in [6, 6.07) is 4.55. The molecular formula is C12H17ClF2N2. The highest BCUT2D eigenvalue weighted by atomic mass is 35.5. The maximum atomic E-state index is 13.0. The van der Waals surface area contributed by atoms with Crippen LogP contribution >= 0.6 is 12.4 Å². The van der Waals surface area contributed by atoms with E-state index in [0.29, 0.717) is 12.6 Å². The molecule has 1 heterocycles. The number of piperazine rings is 1. The van der Waals surface area contributed by atoms with Crippen LogP contribution in [-0.2, 0) is 6.54 Å². The molecule has 5 heteroatoms. The van der Waals surface area contributed by atoms with Crippen molar-refractivity contribution in [3.05, 3.63) is 35.4 Å². The minimum atomic E-state index is -0.780. The predicted molar refractivity (Wildman–Crippen MR) is 66.3 cm³/mol. The number of hydrogen-bond donors (Lipinski definition) is 1. The molecule has 0 radical (unpaired) electrons. The highest BCUT2D eigenvalue weighted by Crippen LogP contribution is 2.13. The Balaban J connectivity index is 0.00000144. The van der Waals surface area contributed by atoms with E-state index in [1.807, 2.05) is 0 Å². The zero-order valence-corrected chi connectivity index (χ0v) is 10.6. The Morgan fingerprint density at radius 1 is 1.35 bits per heavy atom. The van der Waals surface area contributed by atoms with E-state index in [9.17, 15) is 8.78 Å². The molecule has 1 fully saturated rings. The predicted octanol–water partition coefficient (Wildman–Crippen LogP) is 2.18. The van der Waals surface area contributed by atoms with Gasteiger partial charge in [-0.05, 0) is 24.6 Å². The second-order valence-electron chi connectivity index (χ2n) is 4.27. The van der Waals surface area contributed by atoms with E-state index >= 15 is 0 Å². The second kappa shape index (κ2) is 6.28. The molecule has 0 aromatic heterocycles. The summed E-state index contributed by atoms with van der Waals surface area (Å²) >= 11 is 0. The minimum absolute atomic E-state index is 0. The molecule has 0 bridgehead atoms. The molecule has 2 nitrogen and oxygen atoms in total. The van der Waals surface area contributed by atoms with Crippen molar-refractivity contribution in [3.63, 3.8) is 0 Å². The lowest BCUT2D eigenvalue weighted by molar-refractivity contribution is 0.165. The fourth-order valence-electron chi connectivity index (χ4n) is 1.99. The summed E-state index contributed by atoms with van der Waals surface area (Å²) in [5.74, 6) is -1.54. The fourth-order valence-corrected chi connectivity index (χ4v) is 1.99. The van der Waals surface area contributed by atoms with Crippen molar-refractivity contribution in [2.24, 2.45) is 0 Å². The van der Waals surface area contributed by atoms with Crippen LogP contribution in [0, 0.1) is 11.6 Å². The Hall–Kier alpha value is -0.710. The van der Waals surface area contributed by atoms with E-state index in [1.165, 1.54) is 12.1 Å². The monoisotopic (exact) mass is 262 g/mol. The highest BCUT2D eigenvalue weighted by molar-refractivity contribution is 5.85. The first-order valence-electron chi connectivity index (χ1n) is 5.55. The summed E-state index contributed by atoms with van der Waals surface area (Å²) in [5.41, 5.74) is 0.827. The van der Waals surface area contributed by atoms with Crippen molar-refractivity contribution in [3.8, 4) is 0 Å². The van der Waals surface area contributed by atoms with Crippen molar-refractivity contribution >= 4 is 12.4 Å². The van der Waals surface area contributed by atoms with Crippen molar-refractivity contribution in [1.82, 2.24) is 10.2 Å². The lowest BCUT2D eigenvalue weighted by atomic mass is 10.1. The molecule has 96 valence electrons. The van der Waals surface area contributed by atoms with Gasteiger partial charge in [0.15, 0.2) is 11.6 Å². The van der Waals surface area contributed by atoms with E-state index in [2.05, 4.69) is 17.1 Å². The van der Waals surface area contributed by atoms with Crippen molar-refractivity contribution in [1.29, 1.82) is 0 Å². The van der Waals surface area contributed by atoms with Gasteiger partial charge < -0.3 is 5.32 Å². The number of halogens is 3. The Labute approximate surface area is 106 Å². The molecule has 1 aliphatic heterocycles. The average molecular weight is 263 g/mol. The molecule has 1 saturated heterocycles. The summed E-state index contributed by atoms with van der Waals surface area (Å²) in [5, 5.41) is 3.30. The summed E-state index contributed by atoms with van der Waals surface area (Å²) in [7, 11) is 0. The van der Waals surface area contributed by atoms with Gasteiger partial charge in [0.2, 0.25) is 0 Å². The van der Waals surface area contributed by atoms with E-state index < -0.39 is 11.6 Å². The number of nitrogens with one attached hydrogen (secondary N) is 1. The van der Waals surface area contributed by atoms with Crippen molar-refractivity contribution in [2.45, 2.75) is 19.5 Å². The van der Waals surface area contributed by atoms with Crippen LogP contribution in [0.3, 0.4) is 0 Å². The van der Waals surface area contributed by atoms with Crippen LogP contribution in [0.2, 0.25) is 0 Å². The van der Waals surface area contributed by atoms with Crippen LogP contribution in [0.4, 0.5) is 8.78 Å². The van der Waals surface area contributed by atoms with Crippen LogP contribution in [0.25, 0.3) is 0 Å². The molecule has 0 saturated carbocycles. The van der Waals surface area contributed by atoms with Gasteiger partial charge in [0.25, 0.3) is 0 Å². The molecule has 1 aromatic rings. The molecule has 1 atom stereocenters. The molecule has 0 aliphatic carbocycles. The maximum absolute atomic E-state index is 13.0. The summed E-state index contributed by atoms with van der Waals surface area (Å²) < 4.78 is 25.8. The zero-order valence-electron chi connectivity index (χ0n) is 9.75. The smallest absolute Gasteiger partial charge is 0.159 e. The molecule has 2 rings (SSSR count). The van der Waals surface area contributed by atoms with E-state index in [1.54, 1.807) is 6.07 Å². The third kappa shape index (κ3) is 3.63. The molecule has 1 aliphatic rings. The van der Waals surface area contributed by atoms with Crippen LogP contribution < -0.4 is 5.32 Å². The Morgan fingerprint density at radius 2 is 2.12 bits per heavy atom. The summed E-state index contributed by atoms with van der Waals surface area (Å²) in [6.07, 6.45) is 0. The lowest BCUT2D eigenvalue weighted by Gasteiger charge is -2.33. The van der Waals surface area contributed by atoms with Crippen LogP contribution in [0.1, 0.15) is 12.5 Å². The topological polar surface area (TPSA) is 15.3 Å². The zero-order chi connectivity index (χ0) is 11.5. The summed E-state index contributed by atoms with van der Waals surface area (Å²) in [4.78, 5) is 2.27. The quantitative estimate of drug-likeness (QED) is 0.879. The number of hydrogen-bond acceptors (Lipinski definition) is 2. The second-order valence-corrected chi connectivity index (χ2v) is 4.27. The SMILES string of the molecule is C[C@H]1CNCCN1Cc1ccc(F)c(F)c1.Cl. The van der Waals surface area contributed by atoms with Crippen molar-refractivity contribution < 1.29 is 8.78 Å². The average Bonchev–Trinajstić information content (AvgIpc) is 2.27. The van der Waals surface area contributed by atoms with Gasteiger partial charge in [-0.15, -0.1) is 12.4 Å². The van der Waals surface area contributed by atoms with Gasteiger partial charge >= 0.3 is 0 Å². The maximum Gasteiger partial charge on any atom is 0.159 e. The molecule has 0 unspecified atom stereocenters. The summed E-state index contributed by atoms with van der Waals surface area (Å²) in [6.45, 7) is 5.66. The third-order valence-corrected chi connectivity index (χ3v) is 3.01. The van der Waals surface area contributed by atoms with Gasteiger partial charge in [0.1, 0.15) is 0 Å². The number of benzene rings is 1. The molecule has 1 aromatic carbocycles. The Bertz CT molecular complexity index is 374. The van der Waals surface area contributed by atoms with E-state index in [0.717, 1.165) is 25.2 Å². The molecular weight excluding hydrogens is 246 g/mol. The van der Waals surface area contributed by atoms with Crippen LogP contribution in [-0.4, -0.2) is 30.6 Å². The first-order valence-corrected chi connectivity index (χ1v) is 5.55. The van der Waals surface area contributed by atoms with Gasteiger partial charge in [-0.3, -0.25) is 4.90 Å². The van der Waals surface area contributed by atoms with Crippen LogP contribution in [0.5, 0.6) is 0 Å². The van der Waals surface area contributed by atoms with E-state index in [-0.39, 0.29) is 12.4 Å². The standard InChI is InChI=1S/C12H16F2N2.ClH/c1-9-7-15-4-5-16(9)8-10-2-3-11(13)12(14)6-10;/h2-3,6,9,15H,4-5,7-8H2,1H3;1H/t9-;/m0./s1. The van der Waals surface area contributed by atoms with Gasteiger partial charge in [0, 0.05) is 32.2 Å². The van der Waals surface area contributed by atoms with Crippen LogP contribution in [0.15, 0.2) is 18.2 Å². The molecule has 1 N–H and O–H groups in total. The van der Waals surface area contributed by atoms with Gasteiger partial charge in [0.05, 0.1) is 0 Å². The number of nitrogens with zero attached hydrogens (tertiary/aromatic N) is 1. The van der Waals surface area contributed by atoms with E-state index in [4.69, 9.17) is 0 Å². The molecule has 17 heavy (non-hydrogen) atoms. The third-order valence-electron chi connectivity index (χ3n) is 3.01. The normalized spacial score (nSPS) is 21.0. The Morgan fingerprint density at radius 3 is 2.76 bits per heavy atom. The first-order chi connectivity index (χ1) is 7.66. The van der Waals surface area contributed by atoms with Gasteiger partial charge in [-0.25, -0.2) is 8.78 Å². The van der Waals surface area contributed by atoms with Gasteiger partial charge in [-0.1, -0.05) is 6.07 Å². The highest BCUT2D eigenvalue weighted by Gasteiger charge is 2.18. The largest absolute Gasteiger partial charge is 0.314 e. The molecule has 0 amide bonds. The lowest BCUT2D eigenvalue weighted by Crippen LogP contribution is -2.49. The molecule has 0 spiro atoms. The number of rotatable bonds is 2. The fraction of sp³-hybridized carbons (Fsp3) is 0.500. The first kappa shape index (κ1) is 14.4. The van der Waals surface area contributed by atoms with Gasteiger partial charge in [-0.2, -0.15) is 0 Å². The van der Waals surface area contributed by atoms with Crippen molar-refractivity contribution in [2.75, 3.05) is 19.6 Å². The Kier molecular flexibility index (Phi) is 5.31. The minimum Gasteiger partial charge on any atom is -0.314 e.